The van der Waals surface area contributed by atoms with Crippen LogP contribution in [0, 0.1) is 27.9 Å². The smallest absolute Gasteiger partial charge is 0.490 e. The van der Waals surface area contributed by atoms with Crippen LogP contribution in [0.4, 0.5) is 11.4 Å². The van der Waals surface area contributed by atoms with Gasteiger partial charge in [0.25, 0.3) is 12.2 Å². The lowest BCUT2D eigenvalue weighted by Crippen LogP contribution is -2.26. The molecule has 0 amide bonds. The Hall–Kier alpha value is -6.97. The quantitative estimate of drug-likeness (QED) is 0.00735. The fourth-order valence-corrected chi connectivity index (χ4v) is 11.7. The van der Waals surface area contributed by atoms with E-state index in [9.17, 15) is 58.2 Å². The summed E-state index contributed by atoms with van der Waals surface area (Å²) in [5.74, 6) is 5.36. The number of aliphatic hydroxyl groups is 1. The summed E-state index contributed by atoms with van der Waals surface area (Å²) < 4.78 is 72.2. The van der Waals surface area contributed by atoms with Gasteiger partial charge in [-0.25, -0.2) is 18.7 Å². The van der Waals surface area contributed by atoms with E-state index in [1.165, 1.54) is 65.4 Å². The van der Waals surface area contributed by atoms with Crippen LogP contribution in [0.3, 0.4) is 0 Å². The van der Waals surface area contributed by atoms with Gasteiger partial charge < -0.3 is 58.7 Å². The lowest BCUT2D eigenvalue weighted by molar-refractivity contribution is -0.386. The number of hydrogen-bond donors (Lipinski definition) is 7. The number of aromatic nitrogens is 2. The summed E-state index contributed by atoms with van der Waals surface area (Å²) in [5, 5.41) is 34.5. The first-order valence-electron chi connectivity index (χ1n) is 22.6. The number of nitro groups is 1. The first-order chi connectivity index (χ1) is 35.9. The number of ketones is 1. The molecule has 3 unspecified atom stereocenters. The van der Waals surface area contributed by atoms with Crippen molar-refractivity contribution >= 4 is 69.1 Å². The Kier molecular flexibility index (Phi) is 16.2. The molecule has 1 fully saturated rings. The number of Topliss-reactive ketones (excluding diaryl/α,β-unsaturated/α-hetero) is 1. The Labute approximate surface area is 429 Å². The van der Waals surface area contributed by atoms with Crippen LogP contribution < -0.4 is 15.9 Å². The maximum absolute atomic E-state index is 13.7. The van der Waals surface area contributed by atoms with Gasteiger partial charge in [-0.1, -0.05) is 25.7 Å². The van der Waals surface area contributed by atoms with Gasteiger partial charge in [-0.3, -0.25) is 29.0 Å². The van der Waals surface area contributed by atoms with Crippen LogP contribution in [0.15, 0.2) is 100 Å². The van der Waals surface area contributed by atoms with Crippen molar-refractivity contribution in [2.75, 3.05) is 12.3 Å². The van der Waals surface area contributed by atoms with E-state index in [-0.39, 0.29) is 106 Å². The molecule has 6 atom stereocenters. The number of hydrogen-bond acceptors (Lipinski definition) is 19. The van der Waals surface area contributed by atoms with Gasteiger partial charge in [0.05, 0.1) is 35.9 Å². The van der Waals surface area contributed by atoms with Crippen LogP contribution in [0.25, 0.3) is 44.5 Å². The Morgan fingerprint density at radius 3 is 2.50 bits per heavy atom. The van der Waals surface area contributed by atoms with Crippen LogP contribution in [-0.2, 0) is 47.7 Å². The number of phosphoric acid groups is 3. The van der Waals surface area contributed by atoms with Crippen LogP contribution in [0.1, 0.15) is 72.5 Å². The second-order valence-electron chi connectivity index (χ2n) is 17.5. The van der Waals surface area contributed by atoms with Gasteiger partial charge >= 0.3 is 23.5 Å². The van der Waals surface area contributed by atoms with Crippen LogP contribution in [-0.4, -0.2) is 75.3 Å². The minimum Gasteiger partial charge on any atom is -0.508 e. The third-order valence-electron chi connectivity index (χ3n) is 11.8. The summed E-state index contributed by atoms with van der Waals surface area (Å²) >= 11 is 0. The van der Waals surface area contributed by atoms with Crippen LogP contribution in [0.5, 0.6) is 11.5 Å². The number of aliphatic hydroxyl groups excluding tert-OH is 1. The summed E-state index contributed by atoms with van der Waals surface area (Å²) in [7, 11) is -17.0. The number of nitrogen functional groups attached to an aromatic ring is 1. The molecule has 28 heteroatoms. The molecule has 5 aromatic rings. The Bertz CT molecular complexity index is 3660. The van der Waals surface area contributed by atoms with Crippen LogP contribution >= 0.6 is 23.5 Å². The van der Waals surface area contributed by atoms with Crippen molar-refractivity contribution in [3.05, 3.63) is 134 Å². The fraction of sp³-hybridized carbons (Fsp3) is 0.250. The topological polar surface area (TPSA) is 379 Å². The van der Waals surface area contributed by atoms with Crippen molar-refractivity contribution in [2.24, 2.45) is 5.92 Å². The number of pyridine rings is 1. The number of carbonyl (C=O) groups is 2. The minimum absolute atomic E-state index is 0.0504. The van der Waals surface area contributed by atoms with E-state index in [4.69, 9.17) is 34.1 Å². The highest BCUT2D eigenvalue weighted by Gasteiger charge is 2.43. The zero-order valence-corrected chi connectivity index (χ0v) is 42.4. The van der Waals surface area contributed by atoms with Crippen molar-refractivity contribution in [1.82, 2.24) is 9.55 Å². The third kappa shape index (κ3) is 12.6. The number of carbonyl (C=O) groups excluding carboxylic acids is 2. The summed E-state index contributed by atoms with van der Waals surface area (Å²) in [6.07, 6.45) is -1.78. The molecule has 1 saturated heterocycles. The third-order valence-corrected chi connectivity index (χ3v) is 15.6. The monoisotopic (exact) mass is 1110 g/mol. The number of benzene rings is 4. The molecule has 0 spiro atoms. The molecule has 1 aliphatic carbocycles. The highest BCUT2D eigenvalue weighted by molar-refractivity contribution is 7.66. The van der Waals surface area contributed by atoms with Crippen molar-refractivity contribution < 1.29 is 89.8 Å². The molecule has 76 heavy (non-hydrogen) atoms. The summed E-state index contributed by atoms with van der Waals surface area (Å²) in [4.78, 5) is 90.9. The molecule has 0 saturated carbocycles. The Morgan fingerprint density at radius 1 is 1.00 bits per heavy atom. The first-order valence-corrected chi connectivity index (χ1v) is 27.1. The number of anilines is 1. The number of fused-ring (bicyclic) bond motifs is 3. The van der Waals surface area contributed by atoms with Crippen molar-refractivity contribution in [3.8, 4) is 45.8 Å². The summed E-state index contributed by atoms with van der Waals surface area (Å²) in [6, 6.07) is 19.0. The molecular weight excluding hydrogens is 1060 g/mol. The molecule has 0 bridgehead atoms. The van der Waals surface area contributed by atoms with E-state index < -0.39 is 59.5 Å². The van der Waals surface area contributed by atoms with Crippen LogP contribution in [0.2, 0.25) is 0 Å². The maximum atomic E-state index is 13.7. The van der Waals surface area contributed by atoms with E-state index in [2.05, 4.69) is 30.0 Å². The molecule has 0 radical (unpaired) electrons. The van der Waals surface area contributed by atoms with E-state index in [0.717, 1.165) is 0 Å². The average Bonchev–Trinajstić information content (AvgIpc) is 3.91. The molecular formula is C48H45N4O21P3. The molecule has 4 heterocycles. The Morgan fingerprint density at radius 2 is 1.78 bits per heavy atom. The second-order valence-corrected chi connectivity index (χ2v) is 21.9. The molecule has 8 rings (SSSR count). The normalized spacial score (nSPS) is 17.8. The highest BCUT2D eigenvalue weighted by atomic mass is 31.3. The van der Waals surface area contributed by atoms with Gasteiger partial charge in [0, 0.05) is 99.7 Å². The van der Waals surface area contributed by atoms with Gasteiger partial charge in [-0.05, 0) is 66.6 Å². The number of phenols is 1. The zero-order valence-electron chi connectivity index (χ0n) is 39.7. The van der Waals surface area contributed by atoms with E-state index in [1.807, 2.05) is 0 Å². The molecule has 3 aromatic carbocycles. The maximum Gasteiger partial charge on any atom is 0.490 e. The van der Waals surface area contributed by atoms with E-state index in [1.54, 1.807) is 44.3 Å². The standard InChI is InChI=1S/C48H45N4O21P3/c1-26(2)47(67-23-29-22-51(48-45(29)36(49)15-16-50-48)44-21-39(57)43(71-44)24-69-75(63,64)73-76(65,66)72-74(60,61)62)32-11-7-27(17-37(32)52(58)59)5-3-4-6-38(56)28-8-14-40(68-25-53)35(18-28)46-33-12-9-30(54)19-41(33)70-42-20-31(55)10-13-34(42)46/h7-20,22,25-26,39,43-44,47,54,57H,4,6,21,23-24H2,1-2H3,(H2,49,50)(H,63,64)(H,65,66)(H2,60,61,62)/t39?,43-,44-,47-/m1/s1. The number of nitrogens with zero attached hydrogens (tertiary/aromatic N) is 3. The van der Waals surface area contributed by atoms with Gasteiger partial charge in [0.2, 0.25) is 0 Å². The van der Waals surface area contributed by atoms with E-state index >= 15 is 0 Å². The molecule has 398 valence electrons. The number of nitrogens with two attached hydrogens (primary N) is 1. The average molecular weight is 1110 g/mol. The van der Waals surface area contributed by atoms with E-state index in [0.29, 0.717) is 33.0 Å². The van der Waals surface area contributed by atoms with Crippen molar-refractivity contribution in [2.45, 2.75) is 64.3 Å². The van der Waals surface area contributed by atoms with Gasteiger partial charge in [-0.2, -0.15) is 8.62 Å². The second kappa shape index (κ2) is 22.3. The lowest BCUT2D eigenvalue weighted by Gasteiger charge is -2.22. The zero-order chi connectivity index (χ0) is 54.9. The van der Waals surface area contributed by atoms with Crippen molar-refractivity contribution in [3.63, 3.8) is 0 Å². The summed E-state index contributed by atoms with van der Waals surface area (Å²) in [5.41, 5.74) is 9.03. The number of rotatable bonds is 20. The highest BCUT2D eigenvalue weighted by Crippen LogP contribution is 2.66. The number of aromatic hydroxyl groups is 1. The molecule has 25 nitrogen and oxygen atoms in total. The van der Waals surface area contributed by atoms with Gasteiger partial charge in [-0.15, -0.1) is 0 Å². The SMILES string of the molecule is CC(C)[C@@H](OCc1cn([C@H]2CC(O)[C@@H](COP(=O)(O)OP(=O)(O)OP(=O)(O)O)O2)c2nccc(N)c12)c1ccc(C#CCCC(=O)c2ccc(OC=O)c(-c3c4ccc(=O)cc-4oc4cc(O)ccc34)c2)cc1[N+](=O)[O-]. The van der Waals surface area contributed by atoms with Gasteiger partial charge in [0.15, 0.2) is 11.2 Å². The summed E-state index contributed by atoms with van der Waals surface area (Å²) in [6.45, 7) is 2.76. The molecule has 8 N–H and O–H groups in total. The number of phosphoric ester groups is 1. The predicted molar refractivity (Wildman–Crippen MR) is 267 cm³/mol. The number of ether oxygens (including phenoxy) is 3. The van der Waals surface area contributed by atoms with Gasteiger partial charge in [0.1, 0.15) is 40.8 Å². The fourth-order valence-electron chi connectivity index (χ4n) is 8.65. The number of phenolic OH excluding ortho intramolecular Hbond substituents is 1. The lowest BCUT2D eigenvalue weighted by atomic mass is 9.91. The van der Waals surface area contributed by atoms with Crippen molar-refractivity contribution in [1.29, 1.82) is 0 Å². The number of nitro benzene ring substituents is 1. The minimum atomic E-state index is -5.80. The predicted octanol–water partition coefficient (Wildman–Crippen LogP) is 7.57. The Balaban J connectivity index is 0.965. The largest absolute Gasteiger partial charge is 0.508 e. The molecule has 3 aliphatic rings. The molecule has 2 aromatic heterocycles. The molecule has 2 aliphatic heterocycles. The first kappa shape index (κ1) is 55.3.